The van der Waals surface area contributed by atoms with Crippen molar-refractivity contribution >= 4 is 11.9 Å². The van der Waals surface area contributed by atoms with Gasteiger partial charge in [0.15, 0.2) is 0 Å². The molecule has 0 radical (unpaired) electrons. The van der Waals surface area contributed by atoms with Gasteiger partial charge in [-0.3, -0.25) is 0 Å². The lowest BCUT2D eigenvalue weighted by Crippen LogP contribution is -2.10. The molecule has 0 aliphatic heterocycles. The average Bonchev–Trinajstić information content (AvgIpc) is 2.70. The Kier molecular flexibility index (Phi) is 6.25. The number of carboxylic acid groups (broad SMARTS) is 2. The Morgan fingerprint density at radius 2 is 0.879 bits per heavy atom. The summed E-state index contributed by atoms with van der Waals surface area (Å²) in [5.41, 5.74) is 13.8. The molecule has 33 heavy (non-hydrogen) atoms. The number of hydrogen-bond donors (Lipinski definition) is 2. The average molecular weight is 445 g/mol. The predicted molar refractivity (Wildman–Crippen MR) is 134 cm³/mol. The van der Waals surface area contributed by atoms with Crippen molar-refractivity contribution in [1.29, 1.82) is 0 Å². The zero-order chi connectivity index (χ0) is 24.9. The van der Waals surface area contributed by atoms with Gasteiger partial charge in [0.05, 0.1) is 11.1 Å². The van der Waals surface area contributed by atoms with Crippen molar-refractivity contribution in [2.75, 3.05) is 0 Å². The van der Waals surface area contributed by atoms with Gasteiger partial charge in [-0.2, -0.15) is 0 Å². The molecule has 3 aromatic carbocycles. The van der Waals surface area contributed by atoms with E-state index in [4.69, 9.17) is 0 Å². The Morgan fingerprint density at radius 1 is 0.485 bits per heavy atom. The molecule has 0 aliphatic rings. The first-order valence-electron chi connectivity index (χ1n) is 11.1. The maximum atomic E-state index is 11.9. The number of carbonyl (C=O) groups is 2. The fraction of sp³-hybridized carbons (Fsp3) is 0.310. The van der Waals surface area contributed by atoms with Crippen molar-refractivity contribution in [1.82, 2.24) is 0 Å². The van der Waals surface area contributed by atoms with Gasteiger partial charge in [-0.1, -0.05) is 6.07 Å². The van der Waals surface area contributed by atoms with Crippen molar-refractivity contribution in [2.45, 2.75) is 62.3 Å². The second-order valence-corrected chi connectivity index (χ2v) is 9.23. The molecule has 0 spiro atoms. The van der Waals surface area contributed by atoms with Crippen molar-refractivity contribution in [3.05, 3.63) is 79.4 Å². The molecular weight excluding hydrogens is 412 g/mol. The molecule has 0 saturated carbocycles. The van der Waals surface area contributed by atoms with E-state index < -0.39 is 11.9 Å². The summed E-state index contributed by atoms with van der Waals surface area (Å²) >= 11 is 0. The first-order chi connectivity index (χ1) is 15.3. The van der Waals surface area contributed by atoms with Crippen molar-refractivity contribution in [3.63, 3.8) is 0 Å². The summed E-state index contributed by atoms with van der Waals surface area (Å²) < 4.78 is 0. The van der Waals surface area contributed by atoms with E-state index in [0.717, 1.165) is 72.3 Å². The maximum absolute atomic E-state index is 11.9. The fourth-order valence-corrected chi connectivity index (χ4v) is 5.44. The number of benzene rings is 3. The Balaban J connectivity index is 2.45. The van der Waals surface area contributed by atoms with Crippen LogP contribution in [-0.2, 0) is 0 Å². The molecule has 0 atom stereocenters. The van der Waals surface area contributed by atoms with Crippen LogP contribution in [0.3, 0.4) is 0 Å². The lowest BCUT2D eigenvalue weighted by atomic mass is 9.79. The van der Waals surface area contributed by atoms with Crippen LogP contribution in [0.25, 0.3) is 22.3 Å². The quantitative estimate of drug-likeness (QED) is 0.446. The lowest BCUT2D eigenvalue weighted by Gasteiger charge is -2.25. The number of aromatic carboxylic acids is 2. The Morgan fingerprint density at radius 3 is 1.27 bits per heavy atom. The Labute approximate surface area is 195 Å². The molecule has 0 aliphatic carbocycles. The molecule has 0 saturated heterocycles. The maximum Gasteiger partial charge on any atom is 0.336 e. The SMILES string of the molecule is Cc1cc(C(=O)O)cc(C)c1-c1c(C)cc(C)c(-c2c(C)c(C)c(C(=O)O)c(C)c2C)c1C. The van der Waals surface area contributed by atoms with Crippen molar-refractivity contribution < 1.29 is 19.8 Å². The number of rotatable bonds is 4. The molecule has 0 amide bonds. The number of carboxylic acids is 2. The van der Waals surface area contributed by atoms with E-state index in [-0.39, 0.29) is 0 Å². The fourth-order valence-electron chi connectivity index (χ4n) is 5.44. The third-order valence-electron chi connectivity index (χ3n) is 7.09. The first kappa shape index (κ1) is 24.2. The highest BCUT2D eigenvalue weighted by molar-refractivity contribution is 5.96. The molecule has 0 unspecified atom stereocenters. The molecule has 4 heteroatoms. The van der Waals surface area contributed by atoms with Crippen LogP contribution in [0.4, 0.5) is 0 Å². The minimum Gasteiger partial charge on any atom is -0.478 e. The highest BCUT2D eigenvalue weighted by Crippen LogP contribution is 2.43. The van der Waals surface area contributed by atoms with E-state index in [2.05, 4.69) is 26.8 Å². The standard InChI is InChI=1S/C29H32O4/c1-13-10-14(2)25(26-17(5)19(7)27(29(32)33)20(8)18(26)6)21(9)24(13)23-15(3)11-22(28(30)31)12-16(23)4/h10-12H,1-9H3,(H,30,31)(H,32,33). The summed E-state index contributed by atoms with van der Waals surface area (Å²) in [6, 6.07) is 5.64. The van der Waals surface area contributed by atoms with Crippen LogP contribution in [0.1, 0.15) is 70.8 Å². The smallest absolute Gasteiger partial charge is 0.336 e. The number of aryl methyl sites for hydroxylation is 4. The van der Waals surface area contributed by atoms with E-state index >= 15 is 0 Å². The largest absolute Gasteiger partial charge is 0.478 e. The summed E-state index contributed by atoms with van der Waals surface area (Å²) in [5, 5.41) is 19.2. The minimum atomic E-state index is -0.929. The van der Waals surface area contributed by atoms with Crippen LogP contribution >= 0.6 is 0 Å². The summed E-state index contributed by atoms with van der Waals surface area (Å²) in [7, 11) is 0. The van der Waals surface area contributed by atoms with Gasteiger partial charge in [-0.05, 0) is 147 Å². The molecule has 172 valence electrons. The second kappa shape index (κ2) is 8.51. The predicted octanol–water partition coefficient (Wildman–Crippen LogP) is 7.19. The van der Waals surface area contributed by atoms with Crippen LogP contribution in [0.5, 0.6) is 0 Å². The van der Waals surface area contributed by atoms with Gasteiger partial charge < -0.3 is 10.2 Å². The minimum absolute atomic E-state index is 0.290. The van der Waals surface area contributed by atoms with Crippen LogP contribution < -0.4 is 0 Å². The van der Waals surface area contributed by atoms with Crippen molar-refractivity contribution in [3.8, 4) is 22.3 Å². The highest BCUT2D eigenvalue weighted by atomic mass is 16.4. The summed E-state index contributed by atoms with van der Waals surface area (Å²) in [4.78, 5) is 23.5. The molecule has 0 bridgehead atoms. The van der Waals surface area contributed by atoms with E-state index in [0.29, 0.717) is 11.1 Å². The molecule has 2 N–H and O–H groups in total. The van der Waals surface area contributed by atoms with E-state index in [1.165, 1.54) is 0 Å². The van der Waals surface area contributed by atoms with E-state index in [1.807, 2.05) is 41.5 Å². The molecule has 0 fully saturated rings. The van der Waals surface area contributed by atoms with Gasteiger partial charge in [0.2, 0.25) is 0 Å². The third kappa shape index (κ3) is 3.84. The second-order valence-electron chi connectivity index (χ2n) is 9.23. The van der Waals surface area contributed by atoms with E-state index in [9.17, 15) is 19.8 Å². The van der Waals surface area contributed by atoms with Crippen LogP contribution in [0, 0.1) is 62.3 Å². The Bertz CT molecular complexity index is 1290. The highest BCUT2D eigenvalue weighted by Gasteiger charge is 2.24. The zero-order valence-electron chi connectivity index (χ0n) is 20.9. The normalized spacial score (nSPS) is 11.1. The van der Waals surface area contributed by atoms with Gasteiger partial charge in [0.25, 0.3) is 0 Å². The summed E-state index contributed by atoms with van der Waals surface area (Å²) in [6.45, 7) is 18.0. The summed E-state index contributed by atoms with van der Waals surface area (Å²) in [5.74, 6) is -1.83. The Hall–Kier alpha value is -3.40. The summed E-state index contributed by atoms with van der Waals surface area (Å²) in [6.07, 6.45) is 0. The zero-order valence-corrected chi connectivity index (χ0v) is 20.9. The number of hydrogen-bond acceptors (Lipinski definition) is 2. The van der Waals surface area contributed by atoms with E-state index in [1.54, 1.807) is 12.1 Å². The lowest BCUT2D eigenvalue weighted by molar-refractivity contribution is 0.0685. The van der Waals surface area contributed by atoms with Crippen LogP contribution in [0.2, 0.25) is 0 Å². The van der Waals surface area contributed by atoms with Gasteiger partial charge in [0.1, 0.15) is 0 Å². The molecule has 3 aromatic rings. The van der Waals surface area contributed by atoms with Crippen LogP contribution in [-0.4, -0.2) is 22.2 Å². The van der Waals surface area contributed by atoms with Gasteiger partial charge in [0, 0.05) is 0 Å². The molecular formula is C29H32O4. The van der Waals surface area contributed by atoms with Crippen LogP contribution in [0.15, 0.2) is 18.2 Å². The first-order valence-corrected chi connectivity index (χ1v) is 11.1. The topological polar surface area (TPSA) is 74.6 Å². The van der Waals surface area contributed by atoms with Gasteiger partial charge >= 0.3 is 11.9 Å². The van der Waals surface area contributed by atoms with Crippen molar-refractivity contribution in [2.24, 2.45) is 0 Å². The molecule has 0 aromatic heterocycles. The van der Waals surface area contributed by atoms with Gasteiger partial charge in [-0.25, -0.2) is 9.59 Å². The monoisotopic (exact) mass is 444 g/mol. The van der Waals surface area contributed by atoms with Gasteiger partial charge in [-0.15, -0.1) is 0 Å². The molecule has 0 heterocycles. The third-order valence-corrected chi connectivity index (χ3v) is 7.09. The molecule has 3 rings (SSSR count). The molecule has 4 nitrogen and oxygen atoms in total.